The van der Waals surface area contributed by atoms with Crippen LogP contribution in [0.3, 0.4) is 0 Å². The molecule has 1 saturated heterocycles. The van der Waals surface area contributed by atoms with E-state index >= 15 is 0 Å². The summed E-state index contributed by atoms with van der Waals surface area (Å²) in [6, 6.07) is -1.40. The average molecular weight is 212 g/mol. The van der Waals surface area contributed by atoms with Crippen molar-refractivity contribution >= 4 is 12.0 Å². The van der Waals surface area contributed by atoms with Gasteiger partial charge in [0, 0.05) is 6.54 Å². The number of rotatable bonds is 2. The van der Waals surface area contributed by atoms with E-state index in [1.165, 1.54) is 4.90 Å². The van der Waals surface area contributed by atoms with Crippen LogP contribution in [0.4, 0.5) is 4.79 Å². The largest absolute Gasteiger partial charge is 0.480 e. The van der Waals surface area contributed by atoms with Gasteiger partial charge in [-0.3, -0.25) is 0 Å². The van der Waals surface area contributed by atoms with Crippen LogP contribution in [0, 0.1) is 12.3 Å². The zero-order chi connectivity index (χ0) is 11.3. The van der Waals surface area contributed by atoms with Gasteiger partial charge in [-0.2, -0.15) is 0 Å². The summed E-state index contributed by atoms with van der Waals surface area (Å²) in [5.41, 5.74) is 0. The summed E-state index contributed by atoms with van der Waals surface area (Å²) < 4.78 is 4.99. The lowest BCUT2D eigenvalue weighted by Gasteiger charge is -2.32. The third-order valence-electron chi connectivity index (χ3n) is 2.02. The van der Waals surface area contributed by atoms with Crippen molar-refractivity contribution in [2.75, 3.05) is 26.3 Å². The second-order valence-electron chi connectivity index (χ2n) is 2.99. The van der Waals surface area contributed by atoms with Crippen molar-refractivity contribution in [1.82, 2.24) is 10.2 Å². The number of carboxylic acid groups (broad SMARTS) is 1. The summed E-state index contributed by atoms with van der Waals surface area (Å²) >= 11 is 0. The van der Waals surface area contributed by atoms with Gasteiger partial charge < -0.3 is 20.1 Å². The van der Waals surface area contributed by atoms with Gasteiger partial charge in [0.1, 0.15) is 0 Å². The Hall–Kier alpha value is -1.74. The molecule has 0 saturated carbocycles. The lowest BCUT2D eigenvalue weighted by atomic mass is 10.2. The van der Waals surface area contributed by atoms with Gasteiger partial charge in [-0.05, 0) is 0 Å². The summed E-state index contributed by atoms with van der Waals surface area (Å²) in [4.78, 5) is 23.5. The third-order valence-corrected chi connectivity index (χ3v) is 2.02. The van der Waals surface area contributed by atoms with Crippen LogP contribution in [-0.2, 0) is 9.53 Å². The number of aliphatic carboxylic acids is 1. The first kappa shape index (κ1) is 11.3. The first-order chi connectivity index (χ1) is 7.16. The summed E-state index contributed by atoms with van der Waals surface area (Å²) in [6.45, 7) is 0.696. The van der Waals surface area contributed by atoms with Crippen LogP contribution in [0.5, 0.6) is 0 Å². The van der Waals surface area contributed by atoms with Crippen molar-refractivity contribution in [3.05, 3.63) is 0 Å². The van der Waals surface area contributed by atoms with Gasteiger partial charge in [-0.15, -0.1) is 6.42 Å². The summed E-state index contributed by atoms with van der Waals surface area (Å²) in [5, 5.41) is 11.3. The Kier molecular flexibility index (Phi) is 3.94. The number of carbonyl (C=O) groups excluding carboxylic acids is 1. The predicted molar refractivity (Wildman–Crippen MR) is 51.2 cm³/mol. The molecule has 0 aliphatic carbocycles. The van der Waals surface area contributed by atoms with Crippen LogP contribution in [0.2, 0.25) is 0 Å². The van der Waals surface area contributed by atoms with Crippen molar-refractivity contribution in [3.63, 3.8) is 0 Å². The fourth-order valence-corrected chi connectivity index (χ4v) is 1.28. The van der Waals surface area contributed by atoms with Crippen LogP contribution in [0.1, 0.15) is 0 Å². The molecule has 0 spiro atoms. The average Bonchev–Trinajstić information content (AvgIpc) is 2.25. The minimum Gasteiger partial charge on any atom is -0.480 e. The number of carboxylic acids is 1. The Balaban J connectivity index is 2.60. The number of ether oxygens (including phenoxy) is 1. The molecule has 0 bridgehead atoms. The fraction of sp³-hybridized carbons (Fsp3) is 0.556. The third kappa shape index (κ3) is 2.86. The van der Waals surface area contributed by atoms with Gasteiger partial charge in [0.2, 0.25) is 0 Å². The topological polar surface area (TPSA) is 78.9 Å². The summed E-state index contributed by atoms with van der Waals surface area (Å²) in [6.07, 6.45) is 4.98. The molecule has 6 heteroatoms. The Morgan fingerprint density at radius 1 is 1.67 bits per heavy atom. The van der Waals surface area contributed by atoms with Crippen molar-refractivity contribution < 1.29 is 19.4 Å². The highest BCUT2D eigenvalue weighted by atomic mass is 16.5. The predicted octanol–water partition coefficient (Wildman–Crippen LogP) is -0.885. The monoisotopic (exact) mass is 212 g/mol. The van der Waals surface area contributed by atoms with Gasteiger partial charge in [0.25, 0.3) is 0 Å². The van der Waals surface area contributed by atoms with Gasteiger partial charge >= 0.3 is 12.0 Å². The SMILES string of the molecule is C#CCNC(=O)N1CCOCC1C(=O)O. The zero-order valence-electron chi connectivity index (χ0n) is 8.10. The smallest absolute Gasteiger partial charge is 0.328 e. The molecule has 1 atom stereocenters. The Labute approximate surface area is 87.2 Å². The van der Waals surface area contributed by atoms with E-state index in [1.807, 2.05) is 0 Å². The van der Waals surface area contributed by atoms with E-state index in [-0.39, 0.29) is 19.7 Å². The molecule has 0 aromatic rings. The molecule has 0 aromatic carbocycles. The number of nitrogens with one attached hydrogen (secondary N) is 1. The molecule has 15 heavy (non-hydrogen) atoms. The molecular formula is C9H12N2O4. The molecule has 2 N–H and O–H groups in total. The molecule has 1 rings (SSSR count). The molecule has 1 unspecified atom stereocenters. The second-order valence-corrected chi connectivity index (χ2v) is 2.99. The van der Waals surface area contributed by atoms with E-state index in [0.717, 1.165) is 0 Å². The Morgan fingerprint density at radius 3 is 3.00 bits per heavy atom. The number of morpholine rings is 1. The van der Waals surface area contributed by atoms with Crippen molar-refractivity contribution in [1.29, 1.82) is 0 Å². The first-order valence-corrected chi connectivity index (χ1v) is 4.45. The normalized spacial score (nSPS) is 20.5. The maximum atomic E-state index is 11.5. The zero-order valence-corrected chi connectivity index (χ0v) is 8.10. The minimum absolute atomic E-state index is 0.0127. The van der Waals surface area contributed by atoms with E-state index in [2.05, 4.69) is 11.2 Å². The molecule has 82 valence electrons. The minimum atomic E-state index is -1.08. The highest BCUT2D eigenvalue weighted by molar-refractivity contribution is 5.83. The van der Waals surface area contributed by atoms with Crippen LogP contribution in [0.25, 0.3) is 0 Å². The van der Waals surface area contributed by atoms with E-state index in [0.29, 0.717) is 6.61 Å². The highest BCUT2D eigenvalue weighted by Crippen LogP contribution is 2.07. The number of amides is 2. The molecule has 1 aliphatic rings. The number of hydrogen-bond acceptors (Lipinski definition) is 3. The van der Waals surface area contributed by atoms with E-state index < -0.39 is 18.0 Å². The van der Waals surface area contributed by atoms with Crippen LogP contribution < -0.4 is 5.32 Å². The van der Waals surface area contributed by atoms with Gasteiger partial charge in [-0.1, -0.05) is 5.92 Å². The maximum Gasteiger partial charge on any atom is 0.328 e. The highest BCUT2D eigenvalue weighted by Gasteiger charge is 2.32. The molecule has 1 aliphatic heterocycles. The standard InChI is InChI=1S/C9H12N2O4/c1-2-3-10-9(14)11-4-5-15-6-7(11)8(12)13/h1,7H,3-6H2,(H,10,14)(H,12,13). The molecule has 0 aromatic heterocycles. The first-order valence-electron chi connectivity index (χ1n) is 4.45. The van der Waals surface area contributed by atoms with Crippen molar-refractivity contribution in [2.45, 2.75) is 6.04 Å². The summed E-state index contributed by atoms with van der Waals surface area (Å²) in [7, 11) is 0. The lowest BCUT2D eigenvalue weighted by molar-refractivity contribution is -0.147. The fourth-order valence-electron chi connectivity index (χ4n) is 1.28. The van der Waals surface area contributed by atoms with Crippen LogP contribution in [0.15, 0.2) is 0 Å². The molecule has 2 amide bonds. The summed E-state index contributed by atoms with van der Waals surface area (Å²) in [5.74, 6) is 1.17. The number of carbonyl (C=O) groups is 2. The number of urea groups is 1. The maximum absolute atomic E-state index is 11.5. The van der Waals surface area contributed by atoms with E-state index in [9.17, 15) is 9.59 Å². The molecule has 1 heterocycles. The quantitative estimate of drug-likeness (QED) is 0.582. The van der Waals surface area contributed by atoms with Crippen molar-refractivity contribution in [3.8, 4) is 12.3 Å². The van der Waals surface area contributed by atoms with Crippen LogP contribution >= 0.6 is 0 Å². The Bertz CT molecular complexity index is 297. The molecule has 0 radical (unpaired) electrons. The Morgan fingerprint density at radius 2 is 2.40 bits per heavy atom. The molecule has 1 fully saturated rings. The van der Waals surface area contributed by atoms with Gasteiger partial charge in [-0.25, -0.2) is 9.59 Å². The molecule has 6 nitrogen and oxygen atoms in total. The second kappa shape index (κ2) is 5.22. The van der Waals surface area contributed by atoms with Gasteiger partial charge in [0.15, 0.2) is 6.04 Å². The number of nitrogens with zero attached hydrogens (tertiary/aromatic N) is 1. The number of hydrogen-bond donors (Lipinski definition) is 2. The lowest BCUT2D eigenvalue weighted by Crippen LogP contribution is -2.55. The number of terminal acetylenes is 1. The van der Waals surface area contributed by atoms with Crippen LogP contribution in [-0.4, -0.2) is 54.4 Å². The van der Waals surface area contributed by atoms with E-state index in [1.54, 1.807) is 0 Å². The molecular weight excluding hydrogens is 200 g/mol. The van der Waals surface area contributed by atoms with Crippen molar-refractivity contribution in [2.24, 2.45) is 0 Å². The van der Waals surface area contributed by atoms with E-state index in [4.69, 9.17) is 16.3 Å². The van der Waals surface area contributed by atoms with Gasteiger partial charge in [0.05, 0.1) is 19.8 Å².